The molecular formula is C12H17N3O2. The Morgan fingerprint density at radius 2 is 2.41 bits per heavy atom. The molecule has 1 saturated heterocycles. The molecule has 1 aromatic rings. The zero-order chi connectivity index (χ0) is 12.5. The number of aliphatic hydroxyl groups excluding tert-OH is 1. The Hall–Kier alpha value is -1.38. The summed E-state index contributed by atoms with van der Waals surface area (Å²) < 4.78 is 7.15. The van der Waals surface area contributed by atoms with Crippen molar-refractivity contribution in [2.75, 3.05) is 13.2 Å². The lowest BCUT2D eigenvalue weighted by atomic mass is 9.81. The number of nitrogens with zero attached hydrogens (tertiary/aromatic N) is 3. The molecule has 92 valence electrons. The van der Waals surface area contributed by atoms with Gasteiger partial charge in [-0.2, -0.15) is 5.26 Å². The van der Waals surface area contributed by atoms with E-state index in [1.807, 2.05) is 18.4 Å². The van der Waals surface area contributed by atoms with Gasteiger partial charge < -0.3 is 14.4 Å². The summed E-state index contributed by atoms with van der Waals surface area (Å²) in [6, 6.07) is 2.42. The van der Waals surface area contributed by atoms with Crippen molar-refractivity contribution in [3.63, 3.8) is 0 Å². The third-order valence-corrected chi connectivity index (χ3v) is 3.33. The second-order valence-corrected chi connectivity index (χ2v) is 4.79. The molecule has 0 amide bonds. The third-order valence-electron chi connectivity index (χ3n) is 3.33. The first-order chi connectivity index (χ1) is 8.10. The number of hydrogen-bond acceptors (Lipinski definition) is 4. The monoisotopic (exact) mass is 235 g/mol. The molecule has 0 aromatic carbocycles. The van der Waals surface area contributed by atoms with Gasteiger partial charge in [0.2, 0.25) is 0 Å². The molecule has 17 heavy (non-hydrogen) atoms. The molecule has 2 atom stereocenters. The van der Waals surface area contributed by atoms with E-state index in [9.17, 15) is 10.4 Å². The topological polar surface area (TPSA) is 71.1 Å². The van der Waals surface area contributed by atoms with Crippen molar-refractivity contribution in [1.29, 1.82) is 5.26 Å². The van der Waals surface area contributed by atoms with Crippen LogP contribution < -0.4 is 0 Å². The molecule has 0 spiro atoms. The Balaban J connectivity index is 2.33. The number of ether oxygens (including phenoxy) is 1. The SMILES string of the molecule is CC(C)n1cncc1C(O)C1(C#N)CCOC1. The highest BCUT2D eigenvalue weighted by molar-refractivity contribution is 5.16. The zero-order valence-electron chi connectivity index (χ0n) is 10.1. The van der Waals surface area contributed by atoms with E-state index in [-0.39, 0.29) is 12.6 Å². The van der Waals surface area contributed by atoms with Gasteiger partial charge in [0.05, 0.1) is 30.9 Å². The molecule has 0 radical (unpaired) electrons. The highest BCUT2D eigenvalue weighted by atomic mass is 16.5. The normalized spacial score (nSPS) is 26.1. The number of aromatic nitrogens is 2. The van der Waals surface area contributed by atoms with Crippen LogP contribution >= 0.6 is 0 Å². The number of rotatable bonds is 3. The summed E-state index contributed by atoms with van der Waals surface area (Å²) in [5.41, 5.74) is -0.140. The minimum absolute atomic E-state index is 0.209. The predicted molar refractivity (Wildman–Crippen MR) is 61.1 cm³/mol. The molecule has 5 heteroatoms. The summed E-state index contributed by atoms with van der Waals surface area (Å²) in [6.07, 6.45) is 3.03. The lowest BCUT2D eigenvalue weighted by Gasteiger charge is -2.27. The van der Waals surface area contributed by atoms with E-state index in [1.54, 1.807) is 12.5 Å². The number of imidazole rings is 1. The van der Waals surface area contributed by atoms with Gasteiger partial charge in [0.1, 0.15) is 11.5 Å². The second-order valence-electron chi connectivity index (χ2n) is 4.79. The van der Waals surface area contributed by atoms with Gasteiger partial charge in [-0.25, -0.2) is 4.98 Å². The molecule has 1 aliphatic heterocycles. The maximum Gasteiger partial charge on any atom is 0.116 e. The van der Waals surface area contributed by atoms with E-state index in [4.69, 9.17) is 4.74 Å². The maximum atomic E-state index is 10.4. The van der Waals surface area contributed by atoms with Crippen molar-refractivity contribution in [1.82, 2.24) is 9.55 Å². The van der Waals surface area contributed by atoms with E-state index in [0.717, 1.165) is 0 Å². The first kappa shape index (κ1) is 12.1. The molecule has 2 rings (SSSR count). The first-order valence-corrected chi connectivity index (χ1v) is 5.79. The van der Waals surface area contributed by atoms with Crippen molar-refractivity contribution >= 4 is 0 Å². The average molecular weight is 235 g/mol. The molecule has 5 nitrogen and oxygen atoms in total. The smallest absolute Gasteiger partial charge is 0.116 e. The van der Waals surface area contributed by atoms with Gasteiger partial charge in [-0.05, 0) is 20.3 Å². The van der Waals surface area contributed by atoms with Crippen LogP contribution in [-0.2, 0) is 4.74 Å². The van der Waals surface area contributed by atoms with Gasteiger partial charge in [-0.3, -0.25) is 0 Å². The molecule has 0 saturated carbocycles. The second kappa shape index (κ2) is 4.47. The van der Waals surface area contributed by atoms with E-state index in [2.05, 4.69) is 11.1 Å². The van der Waals surface area contributed by atoms with Crippen LogP contribution in [0.2, 0.25) is 0 Å². The van der Waals surface area contributed by atoms with Crippen molar-refractivity contribution in [3.05, 3.63) is 18.2 Å². The Morgan fingerprint density at radius 3 is 2.94 bits per heavy atom. The largest absolute Gasteiger partial charge is 0.385 e. The maximum absolute atomic E-state index is 10.4. The lowest BCUT2D eigenvalue weighted by Crippen LogP contribution is -2.29. The molecule has 1 N–H and O–H groups in total. The van der Waals surface area contributed by atoms with Crippen molar-refractivity contribution in [3.8, 4) is 6.07 Å². The minimum atomic E-state index is -0.847. The predicted octanol–water partition coefficient (Wildman–Crippen LogP) is 1.43. The van der Waals surface area contributed by atoms with Crippen LogP contribution in [0.15, 0.2) is 12.5 Å². The fourth-order valence-corrected chi connectivity index (χ4v) is 2.19. The fraction of sp³-hybridized carbons (Fsp3) is 0.667. The standard InChI is InChI=1S/C12H17N3O2/c1-9(2)15-8-14-5-10(15)11(16)12(6-13)3-4-17-7-12/h5,8-9,11,16H,3-4,7H2,1-2H3. The van der Waals surface area contributed by atoms with Gasteiger partial charge >= 0.3 is 0 Å². The summed E-state index contributed by atoms with van der Waals surface area (Å²) in [7, 11) is 0. The molecule has 1 aliphatic rings. The molecular weight excluding hydrogens is 218 g/mol. The van der Waals surface area contributed by atoms with Crippen LogP contribution in [0, 0.1) is 16.7 Å². The van der Waals surface area contributed by atoms with E-state index in [1.165, 1.54) is 0 Å². The molecule has 0 bridgehead atoms. The van der Waals surface area contributed by atoms with Gasteiger partial charge in [-0.15, -0.1) is 0 Å². The van der Waals surface area contributed by atoms with Crippen LogP contribution in [-0.4, -0.2) is 27.9 Å². The number of aliphatic hydroxyl groups is 1. The summed E-state index contributed by atoms with van der Waals surface area (Å²) in [5, 5.41) is 19.7. The van der Waals surface area contributed by atoms with Crippen LogP contribution in [0.5, 0.6) is 0 Å². The van der Waals surface area contributed by atoms with Gasteiger partial charge in [0.15, 0.2) is 0 Å². The number of hydrogen-bond donors (Lipinski definition) is 1. The summed E-state index contributed by atoms with van der Waals surface area (Å²) in [6.45, 7) is 4.85. The summed E-state index contributed by atoms with van der Waals surface area (Å²) >= 11 is 0. The van der Waals surface area contributed by atoms with Gasteiger partial charge in [0.25, 0.3) is 0 Å². The minimum Gasteiger partial charge on any atom is -0.385 e. The van der Waals surface area contributed by atoms with E-state index < -0.39 is 11.5 Å². The van der Waals surface area contributed by atoms with Gasteiger partial charge in [0, 0.05) is 12.6 Å². The van der Waals surface area contributed by atoms with E-state index in [0.29, 0.717) is 18.7 Å². The number of nitriles is 1. The van der Waals surface area contributed by atoms with Crippen LogP contribution in [0.3, 0.4) is 0 Å². The molecule has 1 aromatic heterocycles. The third kappa shape index (κ3) is 1.94. The highest BCUT2D eigenvalue weighted by Crippen LogP contribution is 2.40. The Morgan fingerprint density at radius 1 is 1.65 bits per heavy atom. The highest BCUT2D eigenvalue weighted by Gasteiger charge is 2.44. The van der Waals surface area contributed by atoms with Gasteiger partial charge in [-0.1, -0.05) is 0 Å². The van der Waals surface area contributed by atoms with Crippen molar-refractivity contribution in [2.24, 2.45) is 5.41 Å². The lowest BCUT2D eigenvalue weighted by molar-refractivity contribution is 0.0439. The Kier molecular flexibility index (Phi) is 3.18. The average Bonchev–Trinajstić information content (AvgIpc) is 2.98. The fourth-order valence-electron chi connectivity index (χ4n) is 2.19. The Labute approximate surface area is 101 Å². The molecule has 2 heterocycles. The van der Waals surface area contributed by atoms with Crippen LogP contribution in [0.4, 0.5) is 0 Å². The summed E-state index contributed by atoms with van der Waals surface area (Å²) in [4.78, 5) is 4.05. The quantitative estimate of drug-likeness (QED) is 0.860. The van der Waals surface area contributed by atoms with E-state index >= 15 is 0 Å². The summed E-state index contributed by atoms with van der Waals surface area (Å²) in [5.74, 6) is 0. The van der Waals surface area contributed by atoms with Crippen molar-refractivity contribution in [2.45, 2.75) is 32.4 Å². The molecule has 1 fully saturated rings. The van der Waals surface area contributed by atoms with Crippen LogP contribution in [0.25, 0.3) is 0 Å². The molecule has 2 unspecified atom stereocenters. The zero-order valence-corrected chi connectivity index (χ0v) is 10.1. The van der Waals surface area contributed by atoms with Crippen molar-refractivity contribution < 1.29 is 9.84 Å². The Bertz CT molecular complexity index is 427. The first-order valence-electron chi connectivity index (χ1n) is 5.79. The van der Waals surface area contributed by atoms with Crippen LogP contribution in [0.1, 0.15) is 38.1 Å². The molecule has 0 aliphatic carbocycles.